The standard InChI is InChI=1S/C10H11BrF2N2O2/c1-2-17-10(16)6-3-5(11)8(9(12)13)7(4-14)15-6/h3,9H,2,4,14H2,1H3. The van der Waals surface area contributed by atoms with Gasteiger partial charge in [0.2, 0.25) is 0 Å². The predicted molar refractivity (Wildman–Crippen MR) is 60.7 cm³/mol. The van der Waals surface area contributed by atoms with E-state index in [2.05, 4.69) is 20.9 Å². The average Bonchev–Trinajstić information content (AvgIpc) is 2.27. The number of carbonyl (C=O) groups is 1. The van der Waals surface area contributed by atoms with Gasteiger partial charge in [-0.15, -0.1) is 0 Å². The molecule has 0 aromatic carbocycles. The summed E-state index contributed by atoms with van der Waals surface area (Å²) in [5, 5.41) is 0. The number of esters is 1. The molecule has 0 saturated carbocycles. The Morgan fingerprint density at radius 3 is 2.76 bits per heavy atom. The summed E-state index contributed by atoms with van der Waals surface area (Å²) in [5.41, 5.74) is 4.99. The first-order valence-electron chi connectivity index (χ1n) is 4.85. The van der Waals surface area contributed by atoms with Crippen molar-refractivity contribution in [3.05, 3.63) is 27.5 Å². The molecular weight excluding hydrogens is 298 g/mol. The molecule has 0 aliphatic carbocycles. The van der Waals surface area contributed by atoms with Crippen molar-refractivity contribution in [1.29, 1.82) is 0 Å². The van der Waals surface area contributed by atoms with Crippen LogP contribution in [0.3, 0.4) is 0 Å². The van der Waals surface area contributed by atoms with Gasteiger partial charge in [0.05, 0.1) is 17.9 Å². The Morgan fingerprint density at radius 1 is 1.65 bits per heavy atom. The van der Waals surface area contributed by atoms with Crippen LogP contribution in [0.1, 0.15) is 35.1 Å². The van der Waals surface area contributed by atoms with Gasteiger partial charge in [-0.2, -0.15) is 0 Å². The lowest BCUT2D eigenvalue weighted by atomic mass is 10.1. The minimum absolute atomic E-state index is 0.0163. The zero-order chi connectivity index (χ0) is 13.0. The van der Waals surface area contributed by atoms with Gasteiger partial charge in [0, 0.05) is 11.0 Å². The highest BCUT2D eigenvalue weighted by Gasteiger charge is 2.21. The first-order chi connectivity index (χ1) is 8.01. The fraction of sp³-hybridized carbons (Fsp3) is 0.400. The molecule has 1 heterocycles. The summed E-state index contributed by atoms with van der Waals surface area (Å²) in [7, 11) is 0. The van der Waals surface area contributed by atoms with E-state index < -0.39 is 12.4 Å². The third kappa shape index (κ3) is 3.19. The van der Waals surface area contributed by atoms with Crippen molar-refractivity contribution >= 4 is 21.9 Å². The van der Waals surface area contributed by atoms with Gasteiger partial charge in [0.15, 0.2) is 0 Å². The zero-order valence-electron chi connectivity index (χ0n) is 9.04. The molecule has 7 heteroatoms. The van der Waals surface area contributed by atoms with Crippen molar-refractivity contribution in [2.45, 2.75) is 19.9 Å². The topological polar surface area (TPSA) is 65.2 Å². The Labute approximate surface area is 105 Å². The molecular formula is C10H11BrF2N2O2. The Kier molecular flexibility index (Phi) is 4.95. The van der Waals surface area contributed by atoms with Crippen LogP contribution < -0.4 is 5.73 Å². The minimum Gasteiger partial charge on any atom is -0.461 e. The van der Waals surface area contributed by atoms with E-state index in [0.29, 0.717) is 0 Å². The van der Waals surface area contributed by atoms with Gasteiger partial charge in [0.25, 0.3) is 6.43 Å². The number of alkyl halides is 2. The summed E-state index contributed by atoms with van der Waals surface area (Å²) in [5.74, 6) is -0.663. The summed E-state index contributed by atoms with van der Waals surface area (Å²) < 4.78 is 30.3. The number of nitrogens with two attached hydrogens (primary N) is 1. The molecule has 0 aliphatic rings. The molecule has 0 aliphatic heterocycles. The molecule has 17 heavy (non-hydrogen) atoms. The molecule has 4 nitrogen and oxygen atoms in total. The molecule has 0 unspecified atom stereocenters. The monoisotopic (exact) mass is 308 g/mol. The molecule has 0 bridgehead atoms. The number of nitrogens with zero attached hydrogens (tertiary/aromatic N) is 1. The van der Waals surface area contributed by atoms with Crippen LogP contribution in [-0.2, 0) is 11.3 Å². The van der Waals surface area contributed by atoms with Gasteiger partial charge >= 0.3 is 5.97 Å². The number of ether oxygens (including phenoxy) is 1. The van der Waals surface area contributed by atoms with Crippen molar-refractivity contribution in [3.8, 4) is 0 Å². The van der Waals surface area contributed by atoms with E-state index >= 15 is 0 Å². The van der Waals surface area contributed by atoms with Crippen molar-refractivity contribution in [3.63, 3.8) is 0 Å². The van der Waals surface area contributed by atoms with Crippen LogP contribution in [0.25, 0.3) is 0 Å². The maximum atomic E-state index is 12.7. The van der Waals surface area contributed by atoms with Gasteiger partial charge in [-0.1, -0.05) is 15.9 Å². The fourth-order valence-corrected chi connectivity index (χ4v) is 1.89. The van der Waals surface area contributed by atoms with Gasteiger partial charge in [0.1, 0.15) is 5.69 Å². The summed E-state index contributed by atoms with van der Waals surface area (Å²) in [4.78, 5) is 15.2. The second-order valence-corrected chi connectivity index (χ2v) is 3.93. The van der Waals surface area contributed by atoms with Gasteiger partial charge in [-0.25, -0.2) is 18.6 Å². The van der Waals surface area contributed by atoms with E-state index in [0.717, 1.165) is 0 Å². The number of rotatable bonds is 4. The molecule has 94 valence electrons. The highest BCUT2D eigenvalue weighted by Crippen LogP contribution is 2.30. The highest BCUT2D eigenvalue weighted by atomic mass is 79.9. The smallest absolute Gasteiger partial charge is 0.356 e. The number of pyridine rings is 1. The maximum absolute atomic E-state index is 12.7. The second kappa shape index (κ2) is 6.02. The van der Waals surface area contributed by atoms with Crippen LogP contribution >= 0.6 is 15.9 Å². The van der Waals surface area contributed by atoms with Crippen LogP contribution in [0, 0.1) is 0 Å². The Bertz CT molecular complexity index is 427. The quantitative estimate of drug-likeness (QED) is 0.868. The number of halogens is 3. The van der Waals surface area contributed by atoms with Crippen LogP contribution in [0.4, 0.5) is 8.78 Å². The van der Waals surface area contributed by atoms with Crippen LogP contribution in [-0.4, -0.2) is 17.6 Å². The Morgan fingerprint density at radius 2 is 2.29 bits per heavy atom. The number of aromatic nitrogens is 1. The normalized spacial score (nSPS) is 10.7. The molecule has 0 spiro atoms. The van der Waals surface area contributed by atoms with E-state index in [1.165, 1.54) is 6.07 Å². The first kappa shape index (κ1) is 14.0. The SMILES string of the molecule is CCOC(=O)c1cc(Br)c(C(F)F)c(CN)n1. The molecule has 1 aromatic heterocycles. The molecule has 0 fully saturated rings. The third-order valence-electron chi connectivity index (χ3n) is 1.98. The number of hydrogen-bond acceptors (Lipinski definition) is 4. The minimum atomic E-state index is -2.70. The summed E-state index contributed by atoms with van der Waals surface area (Å²) in [6, 6.07) is 1.21. The first-order valence-corrected chi connectivity index (χ1v) is 5.65. The lowest BCUT2D eigenvalue weighted by Crippen LogP contribution is -2.13. The molecule has 2 N–H and O–H groups in total. The van der Waals surface area contributed by atoms with Crippen LogP contribution in [0.5, 0.6) is 0 Å². The van der Waals surface area contributed by atoms with E-state index in [-0.39, 0.29) is 34.6 Å². The van der Waals surface area contributed by atoms with Crippen molar-refractivity contribution in [2.24, 2.45) is 5.73 Å². The van der Waals surface area contributed by atoms with Gasteiger partial charge in [-0.3, -0.25) is 0 Å². The van der Waals surface area contributed by atoms with Crippen molar-refractivity contribution in [1.82, 2.24) is 4.98 Å². The van der Waals surface area contributed by atoms with Crippen molar-refractivity contribution in [2.75, 3.05) is 6.61 Å². The molecule has 1 aromatic rings. The Hall–Kier alpha value is -1.08. The summed E-state index contributed by atoms with van der Waals surface area (Å²) in [6.45, 7) is 1.66. The number of hydrogen-bond donors (Lipinski definition) is 1. The lowest BCUT2D eigenvalue weighted by molar-refractivity contribution is 0.0518. The fourth-order valence-electron chi connectivity index (χ4n) is 1.27. The molecule has 0 atom stereocenters. The zero-order valence-corrected chi connectivity index (χ0v) is 10.6. The van der Waals surface area contributed by atoms with E-state index in [1.807, 2.05) is 0 Å². The summed E-state index contributed by atoms with van der Waals surface area (Å²) >= 11 is 2.98. The largest absolute Gasteiger partial charge is 0.461 e. The average molecular weight is 309 g/mol. The van der Waals surface area contributed by atoms with Gasteiger partial charge in [-0.05, 0) is 13.0 Å². The molecule has 0 amide bonds. The summed E-state index contributed by atoms with van der Waals surface area (Å²) in [6.07, 6.45) is -2.70. The van der Waals surface area contributed by atoms with Crippen molar-refractivity contribution < 1.29 is 18.3 Å². The lowest BCUT2D eigenvalue weighted by Gasteiger charge is -2.10. The van der Waals surface area contributed by atoms with Crippen LogP contribution in [0.15, 0.2) is 10.5 Å². The van der Waals surface area contributed by atoms with Crippen LogP contribution in [0.2, 0.25) is 0 Å². The Balaban J connectivity index is 3.22. The number of carbonyl (C=O) groups excluding carboxylic acids is 1. The maximum Gasteiger partial charge on any atom is 0.356 e. The van der Waals surface area contributed by atoms with Gasteiger partial charge < -0.3 is 10.5 Å². The molecule has 1 rings (SSSR count). The predicted octanol–water partition coefficient (Wildman–Crippen LogP) is 2.42. The molecule has 0 radical (unpaired) electrons. The van der Waals surface area contributed by atoms with E-state index in [4.69, 9.17) is 10.5 Å². The van der Waals surface area contributed by atoms with E-state index in [1.54, 1.807) is 6.92 Å². The molecule has 0 saturated heterocycles. The highest BCUT2D eigenvalue weighted by molar-refractivity contribution is 9.10. The van der Waals surface area contributed by atoms with E-state index in [9.17, 15) is 13.6 Å². The third-order valence-corrected chi connectivity index (χ3v) is 2.64. The second-order valence-electron chi connectivity index (χ2n) is 3.07.